The zero-order valence-electron chi connectivity index (χ0n) is 23.4. The maximum atomic E-state index is 16.7. The fraction of sp³-hybridized carbons (Fsp3) is 0.394. The first-order chi connectivity index (χ1) is 20.8. The largest absolute Gasteiger partial charge is 0.508 e. The molecule has 6 heterocycles. The fourth-order valence-electron chi connectivity index (χ4n) is 7.75. The maximum Gasteiger partial charge on any atom is 0.319 e. The number of piperidine rings is 1. The molecule has 5 aliphatic heterocycles. The number of halogens is 3. The quantitative estimate of drug-likeness (QED) is 0.322. The molecule has 2 bridgehead atoms. The summed E-state index contributed by atoms with van der Waals surface area (Å²) in [6.07, 6.45) is 8.05. The number of terminal acetylenes is 1. The first kappa shape index (κ1) is 26.5. The van der Waals surface area contributed by atoms with Crippen LogP contribution in [0.2, 0.25) is 0 Å². The van der Waals surface area contributed by atoms with E-state index in [0.717, 1.165) is 25.8 Å². The van der Waals surface area contributed by atoms with E-state index in [2.05, 4.69) is 26.0 Å². The highest BCUT2D eigenvalue weighted by atomic mass is 19.1. The first-order valence-corrected chi connectivity index (χ1v) is 14.8. The van der Waals surface area contributed by atoms with Crippen molar-refractivity contribution < 1.29 is 23.0 Å². The molecule has 1 aromatic heterocycles. The molecule has 4 atom stereocenters. The van der Waals surface area contributed by atoms with E-state index in [1.165, 1.54) is 24.3 Å². The number of hydrogen-bond donors (Lipinski definition) is 2. The number of nitrogens with zero attached hydrogens (tertiary/aromatic N) is 4. The van der Waals surface area contributed by atoms with Crippen LogP contribution in [0.15, 0.2) is 36.4 Å². The minimum absolute atomic E-state index is 0.0115. The van der Waals surface area contributed by atoms with Gasteiger partial charge in [0.2, 0.25) is 0 Å². The van der Waals surface area contributed by atoms with Gasteiger partial charge in [0.1, 0.15) is 35.7 Å². The molecule has 0 saturated carbocycles. The average Bonchev–Trinajstić information content (AvgIpc) is 3.51. The summed E-state index contributed by atoms with van der Waals surface area (Å²) >= 11 is 0. The highest BCUT2D eigenvalue weighted by Gasteiger charge is 2.49. The minimum Gasteiger partial charge on any atom is -0.508 e. The number of fused-ring (bicyclic) bond motifs is 5. The lowest BCUT2D eigenvalue weighted by molar-refractivity contribution is 0.107. The third-order valence-corrected chi connectivity index (χ3v) is 9.70. The van der Waals surface area contributed by atoms with Crippen molar-refractivity contribution in [1.29, 1.82) is 0 Å². The van der Waals surface area contributed by atoms with Crippen LogP contribution in [-0.2, 0) is 0 Å². The zero-order valence-corrected chi connectivity index (χ0v) is 23.4. The molecule has 0 amide bonds. The number of hydrogen-bond acceptors (Lipinski definition) is 7. The molecule has 7 nitrogen and oxygen atoms in total. The molecule has 0 spiro atoms. The van der Waals surface area contributed by atoms with E-state index in [4.69, 9.17) is 16.1 Å². The highest BCUT2D eigenvalue weighted by molar-refractivity contribution is 6.04. The smallest absolute Gasteiger partial charge is 0.319 e. The van der Waals surface area contributed by atoms with Gasteiger partial charge >= 0.3 is 6.01 Å². The van der Waals surface area contributed by atoms with Crippen molar-refractivity contribution >= 4 is 27.5 Å². The Balaban J connectivity index is 1.27. The van der Waals surface area contributed by atoms with E-state index < -0.39 is 23.3 Å². The van der Waals surface area contributed by atoms with Crippen LogP contribution in [0.4, 0.5) is 19.0 Å². The lowest BCUT2D eigenvalue weighted by Gasteiger charge is -2.48. The predicted octanol–water partition coefficient (Wildman–Crippen LogP) is 4.92. The number of anilines is 1. The molecule has 5 fully saturated rings. The van der Waals surface area contributed by atoms with Gasteiger partial charge in [-0.3, -0.25) is 4.90 Å². The Bertz CT molecular complexity index is 1830. The van der Waals surface area contributed by atoms with Gasteiger partial charge in [0.25, 0.3) is 0 Å². The third-order valence-electron chi connectivity index (χ3n) is 9.70. The summed E-state index contributed by atoms with van der Waals surface area (Å²) < 4.78 is 52.1. The predicted molar refractivity (Wildman–Crippen MR) is 158 cm³/mol. The summed E-state index contributed by atoms with van der Waals surface area (Å²) in [5.74, 6) is 1.60. The van der Waals surface area contributed by atoms with E-state index >= 15 is 4.39 Å². The standard InChI is InChI=1S/C33H30F3N5O2/c1-2-23-27(35)7-4-18-10-22(42)12-26(28(18)23)24-5-6-25-30(29(24)36)38-32(39-31(25)40-15-20-11-21(16-40)37-20)43-17-33-8-3-9-41(33)14-19(34)13-33/h1,4-7,10,12,19-21,37,42H,3,8-9,11,13-17H2/t19-,20?,21?,33+/m1/s1. The molecule has 2 N–H and O–H groups in total. The van der Waals surface area contributed by atoms with Crippen LogP contribution in [-0.4, -0.2) is 76.6 Å². The Labute approximate surface area is 246 Å². The van der Waals surface area contributed by atoms with Crippen LogP contribution >= 0.6 is 0 Å². The van der Waals surface area contributed by atoms with E-state index in [1.807, 2.05) is 0 Å². The SMILES string of the molecule is C#Cc1c(F)ccc2cc(O)cc(-c3ccc4c(N5CC6CC(C5)N6)nc(OC[C@@]56CCCN5C[C@H](F)C6)nc4c3F)c12. The van der Waals surface area contributed by atoms with Gasteiger partial charge in [0.15, 0.2) is 5.82 Å². The lowest BCUT2D eigenvalue weighted by atomic mass is 9.91. The van der Waals surface area contributed by atoms with Gasteiger partial charge in [-0.2, -0.15) is 9.97 Å². The van der Waals surface area contributed by atoms with Crippen molar-refractivity contribution in [3.05, 3.63) is 53.6 Å². The van der Waals surface area contributed by atoms with Crippen molar-refractivity contribution in [2.75, 3.05) is 37.7 Å². The van der Waals surface area contributed by atoms with Gasteiger partial charge in [0, 0.05) is 54.5 Å². The summed E-state index contributed by atoms with van der Waals surface area (Å²) in [5.41, 5.74) is 0.00249. The minimum atomic E-state index is -0.903. The maximum absolute atomic E-state index is 16.7. The van der Waals surface area contributed by atoms with Crippen LogP contribution in [0.5, 0.6) is 11.8 Å². The monoisotopic (exact) mass is 585 g/mol. The molecule has 0 aliphatic carbocycles. The Morgan fingerprint density at radius 1 is 1.09 bits per heavy atom. The molecule has 2 unspecified atom stereocenters. The molecular weight excluding hydrogens is 555 g/mol. The Kier molecular flexibility index (Phi) is 6.01. The van der Waals surface area contributed by atoms with Crippen molar-refractivity contribution in [2.45, 2.75) is 49.5 Å². The fourth-order valence-corrected chi connectivity index (χ4v) is 7.75. The van der Waals surface area contributed by atoms with Gasteiger partial charge in [-0.25, -0.2) is 13.2 Å². The van der Waals surface area contributed by atoms with Gasteiger partial charge in [-0.05, 0) is 61.0 Å². The number of nitrogens with one attached hydrogen (secondary N) is 1. The Hall–Kier alpha value is -4.07. The summed E-state index contributed by atoms with van der Waals surface area (Å²) in [5, 5.41) is 15.4. The summed E-state index contributed by atoms with van der Waals surface area (Å²) in [6.45, 7) is 2.87. The van der Waals surface area contributed by atoms with Gasteiger partial charge in [0.05, 0.1) is 11.1 Å². The topological polar surface area (TPSA) is 73.8 Å². The second-order valence-electron chi connectivity index (χ2n) is 12.4. The van der Waals surface area contributed by atoms with Gasteiger partial charge in [-0.15, -0.1) is 6.42 Å². The van der Waals surface area contributed by atoms with Crippen molar-refractivity contribution in [2.24, 2.45) is 0 Å². The number of aromatic nitrogens is 2. The van der Waals surface area contributed by atoms with E-state index in [1.54, 1.807) is 12.1 Å². The van der Waals surface area contributed by atoms with Crippen molar-refractivity contribution in [3.63, 3.8) is 0 Å². The normalized spacial score (nSPS) is 26.5. The van der Waals surface area contributed by atoms with Crippen LogP contribution in [0.25, 0.3) is 32.8 Å². The van der Waals surface area contributed by atoms with Crippen molar-refractivity contribution in [3.8, 4) is 35.2 Å². The molecule has 43 heavy (non-hydrogen) atoms. The number of piperazine rings is 1. The summed E-state index contributed by atoms with van der Waals surface area (Å²) in [4.78, 5) is 13.6. The highest BCUT2D eigenvalue weighted by Crippen LogP contribution is 2.42. The molecule has 3 aromatic carbocycles. The molecule has 220 valence electrons. The van der Waals surface area contributed by atoms with Gasteiger partial charge < -0.3 is 20.1 Å². The molecule has 10 heteroatoms. The average molecular weight is 586 g/mol. The number of phenolic OH excluding ortho intramolecular Hbond substituents is 1. The van der Waals surface area contributed by atoms with Crippen LogP contribution in [0.1, 0.15) is 31.2 Å². The molecule has 4 aromatic rings. The zero-order chi connectivity index (χ0) is 29.5. The lowest BCUT2D eigenvalue weighted by Crippen LogP contribution is -2.67. The Morgan fingerprint density at radius 3 is 2.70 bits per heavy atom. The Morgan fingerprint density at radius 2 is 1.91 bits per heavy atom. The molecule has 9 rings (SSSR count). The molecule has 0 radical (unpaired) electrons. The van der Waals surface area contributed by atoms with Gasteiger partial charge in [-0.1, -0.05) is 18.1 Å². The summed E-state index contributed by atoms with van der Waals surface area (Å²) in [7, 11) is 0. The van der Waals surface area contributed by atoms with Crippen molar-refractivity contribution in [1.82, 2.24) is 20.2 Å². The second kappa shape index (κ2) is 9.73. The summed E-state index contributed by atoms with van der Waals surface area (Å²) in [6, 6.07) is 9.65. The number of ether oxygens (including phenoxy) is 1. The number of benzene rings is 3. The van der Waals surface area contributed by atoms with Crippen LogP contribution in [0, 0.1) is 24.0 Å². The van der Waals surface area contributed by atoms with Crippen LogP contribution in [0.3, 0.4) is 0 Å². The number of rotatable bonds is 5. The van der Waals surface area contributed by atoms with E-state index in [-0.39, 0.29) is 40.6 Å². The molecular formula is C33H30F3N5O2. The third kappa shape index (κ3) is 4.20. The number of phenols is 1. The van der Waals surface area contributed by atoms with E-state index in [0.29, 0.717) is 60.1 Å². The second-order valence-corrected chi connectivity index (χ2v) is 12.4. The van der Waals surface area contributed by atoms with Crippen LogP contribution < -0.4 is 15.0 Å². The van der Waals surface area contributed by atoms with E-state index in [9.17, 15) is 13.9 Å². The molecule has 5 aliphatic rings. The number of alkyl halides is 1. The number of aromatic hydroxyl groups is 1. The molecule has 5 saturated heterocycles. The first-order valence-electron chi connectivity index (χ1n) is 14.8.